The SMILES string of the molecule is CC1O[C@H](C)Cn2ncc(N)c21. The van der Waals surface area contributed by atoms with Crippen LogP contribution < -0.4 is 5.73 Å². The molecule has 4 nitrogen and oxygen atoms in total. The minimum Gasteiger partial charge on any atom is -0.396 e. The molecule has 4 heteroatoms. The molecule has 1 aromatic rings. The fourth-order valence-corrected chi connectivity index (χ4v) is 1.70. The lowest BCUT2D eigenvalue weighted by Gasteiger charge is -2.26. The molecular weight excluding hydrogens is 154 g/mol. The van der Waals surface area contributed by atoms with E-state index in [0.29, 0.717) is 0 Å². The van der Waals surface area contributed by atoms with Crippen LogP contribution in [0, 0.1) is 0 Å². The van der Waals surface area contributed by atoms with Gasteiger partial charge in [0.15, 0.2) is 0 Å². The largest absolute Gasteiger partial charge is 0.396 e. The van der Waals surface area contributed by atoms with Crippen molar-refractivity contribution in [3.8, 4) is 0 Å². The molecule has 66 valence electrons. The molecule has 12 heavy (non-hydrogen) atoms. The van der Waals surface area contributed by atoms with Crippen LogP contribution in [0.15, 0.2) is 6.20 Å². The average molecular weight is 167 g/mol. The summed E-state index contributed by atoms with van der Waals surface area (Å²) in [4.78, 5) is 0. The van der Waals surface area contributed by atoms with Gasteiger partial charge in [0.1, 0.15) is 0 Å². The van der Waals surface area contributed by atoms with Gasteiger partial charge in [0.2, 0.25) is 0 Å². The van der Waals surface area contributed by atoms with Crippen molar-refractivity contribution in [2.75, 3.05) is 5.73 Å². The molecule has 0 bridgehead atoms. The van der Waals surface area contributed by atoms with Crippen LogP contribution in [0.1, 0.15) is 25.6 Å². The van der Waals surface area contributed by atoms with E-state index >= 15 is 0 Å². The Morgan fingerprint density at radius 2 is 2.42 bits per heavy atom. The Bertz CT molecular complexity index is 294. The summed E-state index contributed by atoms with van der Waals surface area (Å²) in [5.41, 5.74) is 7.47. The molecule has 1 aromatic heterocycles. The summed E-state index contributed by atoms with van der Waals surface area (Å²) in [6.07, 6.45) is 1.98. The third-order valence-corrected chi connectivity index (χ3v) is 2.16. The second kappa shape index (κ2) is 2.48. The molecule has 0 saturated heterocycles. The number of nitrogens with zero attached hydrogens (tertiary/aromatic N) is 2. The van der Waals surface area contributed by atoms with E-state index in [1.165, 1.54) is 0 Å². The van der Waals surface area contributed by atoms with Crippen molar-refractivity contribution in [3.05, 3.63) is 11.9 Å². The molecule has 1 unspecified atom stereocenters. The normalized spacial score (nSPS) is 28.5. The van der Waals surface area contributed by atoms with Gasteiger partial charge in [0, 0.05) is 0 Å². The minimum absolute atomic E-state index is 0.0660. The molecule has 2 atom stereocenters. The number of anilines is 1. The molecule has 0 aliphatic carbocycles. The van der Waals surface area contributed by atoms with Gasteiger partial charge in [-0.2, -0.15) is 5.10 Å². The topological polar surface area (TPSA) is 53.1 Å². The summed E-state index contributed by atoms with van der Waals surface area (Å²) in [5.74, 6) is 0. The van der Waals surface area contributed by atoms with Crippen molar-refractivity contribution < 1.29 is 4.74 Å². The average Bonchev–Trinajstić information content (AvgIpc) is 2.31. The fourth-order valence-electron chi connectivity index (χ4n) is 1.70. The molecule has 0 aromatic carbocycles. The maximum Gasteiger partial charge on any atom is 0.0988 e. The van der Waals surface area contributed by atoms with Crippen molar-refractivity contribution in [3.63, 3.8) is 0 Å². The van der Waals surface area contributed by atoms with Gasteiger partial charge in [0.05, 0.1) is 36.3 Å². The van der Waals surface area contributed by atoms with Gasteiger partial charge in [0.25, 0.3) is 0 Å². The molecule has 0 fully saturated rings. The summed E-state index contributed by atoms with van der Waals surface area (Å²) < 4.78 is 7.54. The fraction of sp³-hybridized carbons (Fsp3) is 0.625. The molecule has 0 radical (unpaired) electrons. The Hall–Kier alpha value is -1.03. The highest BCUT2D eigenvalue weighted by molar-refractivity contribution is 5.42. The zero-order chi connectivity index (χ0) is 8.72. The molecule has 2 N–H and O–H groups in total. The summed E-state index contributed by atoms with van der Waals surface area (Å²) in [6, 6.07) is 0. The number of nitrogen functional groups attached to an aromatic ring is 1. The van der Waals surface area contributed by atoms with Crippen molar-refractivity contribution in [2.45, 2.75) is 32.6 Å². The molecule has 1 aliphatic heterocycles. The van der Waals surface area contributed by atoms with E-state index < -0.39 is 0 Å². The van der Waals surface area contributed by atoms with Gasteiger partial charge in [-0.1, -0.05) is 0 Å². The zero-order valence-electron chi connectivity index (χ0n) is 7.32. The van der Waals surface area contributed by atoms with E-state index in [1.807, 2.05) is 18.5 Å². The molecule has 0 saturated carbocycles. The van der Waals surface area contributed by atoms with Crippen LogP contribution in [0.5, 0.6) is 0 Å². The lowest BCUT2D eigenvalue weighted by Crippen LogP contribution is -2.27. The Balaban J connectivity index is 2.43. The molecule has 2 heterocycles. The maximum absolute atomic E-state index is 5.73. The van der Waals surface area contributed by atoms with E-state index in [-0.39, 0.29) is 12.2 Å². The smallest absolute Gasteiger partial charge is 0.0988 e. The maximum atomic E-state index is 5.73. The number of ether oxygens (including phenoxy) is 1. The van der Waals surface area contributed by atoms with Gasteiger partial charge in [-0.3, -0.25) is 4.68 Å². The van der Waals surface area contributed by atoms with Gasteiger partial charge in [-0.25, -0.2) is 0 Å². The predicted octanol–water partition coefficient (Wildman–Crippen LogP) is 0.945. The van der Waals surface area contributed by atoms with E-state index in [2.05, 4.69) is 5.10 Å². The summed E-state index contributed by atoms with van der Waals surface area (Å²) in [7, 11) is 0. The first-order valence-corrected chi connectivity index (χ1v) is 4.15. The van der Waals surface area contributed by atoms with Gasteiger partial charge in [-0.05, 0) is 13.8 Å². The van der Waals surface area contributed by atoms with Gasteiger partial charge >= 0.3 is 0 Å². The first-order valence-electron chi connectivity index (χ1n) is 4.15. The van der Waals surface area contributed by atoms with Crippen molar-refractivity contribution in [1.29, 1.82) is 0 Å². The number of hydrogen-bond acceptors (Lipinski definition) is 3. The van der Waals surface area contributed by atoms with Crippen LogP contribution in [0.4, 0.5) is 5.69 Å². The number of fused-ring (bicyclic) bond motifs is 1. The van der Waals surface area contributed by atoms with Gasteiger partial charge in [-0.15, -0.1) is 0 Å². The molecule has 0 amide bonds. The lowest BCUT2D eigenvalue weighted by atomic mass is 10.2. The Labute approximate surface area is 71.3 Å². The number of rotatable bonds is 0. The highest BCUT2D eigenvalue weighted by atomic mass is 16.5. The molecular formula is C8H13N3O. The third kappa shape index (κ3) is 0.992. The Kier molecular flexibility index (Phi) is 1.58. The molecule has 0 spiro atoms. The van der Waals surface area contributed by atoms with E-state index in [4.69, 9.17) is 10.5 Å². The highest BCUT2D eigenvalue weighted by Gasteiger charge is 2.24. The first kappa shape index (κ1) is 7.61. The number of nitrogens with two attached hydrogens (primary N) is 1. The van der Waals surface area contributed by atoms with Crippen molar-refractivity contribution in [1.82, 2.24) is 9.78 Å². The highest BCUT2D eigenvalue weighted by Crippen LogP contribution is 2.28. The summed E-state index contributed by atoms with van der Waals surface area (Å²) in [6.45, 7) is 4.84. The minimum atomic E-state index is 0.0660. The van der Waals surface area contributed by atoms with Crippen LogP contribution in [0.2, 0.25) is 0 Å². The lowest BCUT2D eigenvalue weighted by molar-refractivity contribution is -0.0299. The summed E-state index contributed by atoms with van der Waals surface area (Å²) in [5, 5.41) is 4.17. The number of aromatic nitrogens is 2. The Morgan fingerprint density at radius 1 is 1.67 bits per heavy atom. The third-order valence-electron chi connectivity index (χ3n) is 2.16. The molecule has 1 aliphatic rings. The van der Waals surface area contributed by atoms with E-state index in [9.17, 15) is 0 Å². The zero-order valence-corrected chi connectivity index (χ0v) is 7.32. The second-order valence-electron chi connectivity index (χ2n) is 3.26. The van der Waals surface area contributed by atoms with E-state index in [0.717, 1.165) is 17.9 Å². The van der Waals surface area contributed by atoms with Crippen molar-refractivity contribution in [2.24, 2.45) is 0 Å². The standard InChI is InChI=1S/C8H13N3O/c1-5-4-11-8(6(2)12-5)7(9)3-10-11/h3,5-6H,4,9H2,1-2H3/t5-,6?/m1/s1. The second-order valence-corrected chi connectivity index (χ2v) is 3.26. The first-order chi connectivity index (χ1) is 5.68. The quantitative estimate of drug-likeness (QED) is 0.625. The van der Waals surface area contributed by atoms with E-state index in [1.54, 1.807) is 6.20 Å². The van der Waals surface area contributed by atoms with Gasteiger partial charge < -0.3 is 10.5 Å². The predicted molar refractivity (Wildman–Crippen MR) is 45.6 cm³/mol. The monoisotopic (exact) mass is 167 g/mol. The van der Waals surface area contributed by atoms with Crippen LogP contribution >= 0.6 is 0 Å². The van der Waals surface area contributed by atoms with Crippen LogP contribution in [-0.4, -0.2) is 15.9 Å². The van der Waals surface area contributed by atoms with Crippen LogP contribution in [-0.2, 0) is 11.3 Å². The summed E-state index contributed by atoms with van der Waals surface area (Å²) >= 11 is 0. The molecule has 2 rings (SSSR count). The van der Waals surface area contributed by atoms with Crippen LogP contribution in [0.25, 0.3) is 0 Å². The van der Waals surface area contributed by atoms with Crippen LogP contribution in [0.3, 0.4) is 0 Å². The Morgan fingerprint density at radius 3 is 3.17 bits per heavy atom. The van der Waals surface area contributed by atoms with Crippen molar-refractivity contribution >= 4 is 5.69 Å². The number of hydrogen-bond donors (Lipinski definition) is 1.